The SMILES string of the molecule is O=C1CCC(OCC(=O)NC2CCCCC2)CC1. The Balaban J connectivity index is 1.60. The van der Waals surface area contributed by atoms with Crippen molar-refractivity contribution >= 4 is 11.7 Å². The molecule has 0 radical (unpaired) electrons. The molecular weight excluding hydrogens is 230 g/mol. The Morgan fingerprint density at radius 1 is 1.11 bits per heavy atom. The van der Waals surface area contributed by atoms with E-state index in [1.807, 2.05) is 0 Å². The van der Waals surface area contributed by atoms with E-state index in [0.29, 0.717) is 24.7 Å². The van der Waals surface area contributed by atoms with Crippen molar-refractivity contribution in [3.8, 4) is 0 Å². The molecule has 0 unspecified atom stereocenters. The first kappa shape index (κ1) is 13.5. The molecule has 102 valence electrons. The minimum atomic E-state index is -0.00111. The zero-order valence-electron chi connectivity index (χ0n) is 11.0. The first-order chi connectivity index (χ1) is 8.74. The number of nitrogens with one attached hydrogen (secondary N) is 1. The van der Waals surface area contributed by atoms with Crippen LogP contribution in [0.5, 0.6) is 0 Å². The highest BCUT2D eigenvalue weighted by atomic mass is 16.5. The highest BCUT2D eigenvalue weighted by Crippen LogP contribution is 2.19. The maximum Gasteiger partial charge on any atom is 0.246 e. The summed E-state index contributed by atoms with van der Waals surface area (Å²) in [5.41, 5.74) is 0. The molecule has 0 aromatic heterocycles. The van der Waals surface area contributed by atoms with Gasteiger partial charge in [0.25, 0.3) is 0 Å². The number of hydrogen-bond donors (Lipinski definition) is 1. The van der Waals surface area contributed by atoms with Crippen LogP contribution in [0.4, 0.5) is 0 Å². The van der Waals surface area contributed by atoms with Gasteiger partial charge < -0.3 is 10.1 Å². The lowest BCUT2D eigenvalue weighted by Gasteiger charge is -2.24. The van der Waals surface area contributed by atoms with Crippen LogP contribution in [0.3, 0.4) is 0 Å². The summed E-state index contributed by atoms with van der Waals surface area (Å²) in [7, 11) is 0. The van der Waals surface area contributed by atoms with Gasteiger partial charge in [0.05, 0.1) is 6.10 Å². The van der Waals surface area contributed by atoms with Crippen molar-refractivity contribution in [2.24, 2.45) is 0 Å². The zero-order chi connectivity index (χ0) is 12.8. The summed E-state index contributed by atoms with van der Waals surface area (Å²) >= 11 is 0. The van der Waals surface area contributed by atoms with Crippen molar-refractivity contribution in [2.75, 3.05) is 6.61 Å². The highest BCUT2D eigenvalue weighted by Gasteiger charge is 2.21. The molecule has 1 amide bonds. The van der Waals surface area contributed by atoms with Gasteiger partial charge in [-0.2, -0.15) is 0 Å². The molecule has 0 spiro atoms. The summed E-state index contributed by atoms with van der Waals surface area (Å²) in [6.45, 7) is 0.148. The molecule has 0 bridgehead atoms. The Kier molecular flexibility index (Phi) is 5.17. The van der Waals surface area contributed by atoms with Gasteiger partial charge in [-0.15, -0.1) is 0 Å². The van der Waals surface area contributed by atoms with Crippen LogP contribution < -0.4 is 5.32 Å². The third-order valence-electron chi connectivity index (χ3n) is 3.91. The molecule has 0 aliphatic heterocycles. The lowest BCUT2D eigenvalue weighted by atomic mass is 9.95. The molecule has 2 fully saturated rings. The van der Waals surface area contributed by atoms with Crippen molar-refractivity contribution in [2.45, 2.75) is 69.9 Å². The van der Waals surface area contributed by atoms with Gasteiger partial charge >= 0.3 is 0 Å². The average Bonchev–Trinajstić information content (AvgIpc) is 2.39. The lowest BCUT2D eigenvalue weighted by Crippen LogP contribution is -2.39. The number of rotatable bonds is 4. The molecule has 18 heavy (non-hydrogen) atoms. The van der Waals surface area contributed by atoms with Gasteiger partial charge in [0, 0.05) is 18.9 Å². The first-order valence-corrected chi connectivity index (χ1v) is 7.16. The fraction of sp³-hybridized carbons (Fsp3) is 0.857. The number of carbonyl (C=O) groups is 2. The Bertz CT molecular complexity index is 287. The van der Waals surface area contributed by atoms with E-state index in [-0.39, 0.29) is 18.6 Å². The van der Waals surface area contributed by atoms with Gasteiger partial charge in [0.15, 0.2) is 0 Å². The molecule has 0 aromatic rings. The summed E-state index contributed by atoms with van der Waals surface area (Å²) in [6.07, 6.45) is 8.79. The largest absolute Gasteiger partial charge is 0.368 e. The summed E-state index contributed by atoms with van der Waals surface area (Å²) in [5.74, 6) is 0.320. The van der Waals surface area contributed by atoms with E-state index in [2.05, 4.69) is 5.32 Å². The Hall–Kier alpha value is -0.900. The Morgan fingerprint density at radius 2 is 1.78 bits per heavy atom. The van der Waals surface area contributed by atoms with Crippen molar-refractivity contribution in [1.82, 2.24) is 5.32 Å². The monoisotopic (exact) mass is 253 g/mol. The number of Topliss-reactive ketones (excluding diaryl/α,β-unsaturated/α-hetero) is 1. The third kappa shape index (κ3) is 4.41. The second-order valence-electron chi connectivity index (χ2n) is 5.45. The van der Waals surface area contributed by atoms with Gasteiger partial charge in [-0.25, -0.2) is 0 Å². The van der Waals surface area contributed by atoms with Crippen molar-refractivity contribution in [3.63, 3.8) is 0 Å². The maximum atomic E-state index is 11.7. The van der Waals surface area contributed by atoms with Crippen LogP contribution in [-0.4, -0.2) is 30.4 Å². The van der Waals surface area contributed by atoms with E-state index in [0.717, 1.165) is 25.7 Å². The number of ether oxygens (including phenoxy) is 1. The summed E-state index contributed by atoms with van der Waals surface area (Å²) in [4.78, 5) is 22.8. The zero-order valence-corrected chi connectivity index (χ0v) is 11.0. The predicted molar refractivity (Wildman–Crippen MR) is 68.2 cm³/mol. The van der Waals surface area contributed by atoms with Crippen LogP contribution in [-0.2, 0) is 14.3 Å². The van der Waals surface area contributed by atoms with E-state index < -0.39 is 0 Å². The van der Waals surface area contributed by atoms with Gasteiger partial charge in [0.1, 0.15) is 12.4 Å². The predicted octanol–water partition coefficient (Wildman–Crippen LogP) is 1.96. The van der Waals surface area contributed by atoms with E-state index in [1.165, 1.54) is 19.3 Å². The van der Waals surface area contributed by atoms with Crippen LogP contribution >= 0.6 is 0 Å². The first-order valence-electron chi connectivity index (χ1n) is 7.16. The fourth-order valence-electron chi connectivity index (χ4n) is 2.79. The molecule has 2 aliphatic rings. The number of amides is 1. The Labute approximate surface area is 108 Å². The van der Waals surface area contributed by atoms with Gasteiger partial charge in [-0.05, 0) is 25.7 Å². The lowest BCUT2D eigenvalue weighted by molar-refractivity contribution is -0.130. The minimum absolute atomic E-state index is 0.00111. The second kappa shape index (κ2) is 6.88. The van der Waals surface area contributed by atoms with Crippen molar-refractivity contribution in [3.05, 3.63) is 0 Å². The van der Waals surface area contributed by atoms with Crippen molar-refractivity contribution in [1.29, 1.82) is 0 Å². The van der Waals surface area contributed by atoms with E-state index in [1.54, 1.807) is 0 Å². The number of hydrogen-bond acceptors (Lipinski definition) is 3. The molecule has 4 heteroatoms. The number of ketones is 1. The average molecular weight is 253 g/mol. The molecular formula is C14H23NO3. The molecule has 0 saturated heterocycles. The van der Waals surface area contributed by atoms with Gasteiger partial charge in [0.2, 0.25) is 5.91 Å². The van der Waals surface area contributed by atoms with Crippen LogP contribution in [0.25, 0.3) is 0 Å². The standard InChI is InChI=1S/C14H23NO3/c16-12-6-8-13(9-7-12)18-10-14(17)15-11-4-2-1-3-5-11/h11,13H,1-10H2,(H,15,17). The van der Waals surface area contributed by atoms with Crippen LogP contribution in [0.2, 0.25) is 0 Å². The van der Waals surface area contributed by atoms with E-state index in [9.17, 15) is 9.59 Å². The van der Waals surface area contributed by atoms with E-state index >= 15 is 0 Å². The van der Waals surface area contributed by atoms with Crippen molar-refractivity contribution < 1.29 is 14.3 Å². The normalized spacial score (nSPS) is 23.0. The molecule has 0 heterocycles. The molecule has 2 aliphatic carbocycles. The molecule has 2 rings (SSSR count). The molecule has 0 atom stereocenters. The second-order valence-corrected chi connectivity index (χ2v) is 5.45. The third-order valence-corrected chi connectivity index (χ3v) is 3.91. The number of carbonyl (C=O) groups excluding carboxylic acids is 2. The summed E-state index contributed by atoms with van der Waals surface area (Å²) < 4.78 is 5.57. The molecule has 2 saturated carbocycles. The minimum Gasteiger partial charge on any atom is -0.368 e. The summed E-state index contributed by atoms with van der Waals surface area (Å²) in [5, 5.41) is 3.04. The molecule has 0 aromatic carbocycles. The maximum absolute atomic E-state index is 11.7. The van der Waals surface area contributed by atoms with Gasteiger partial charge in [-0.1, -0.05) is 19.3 Å². The van der Waals surface area contributed by atoms with Crippen LogP contribution in [0.1, 0.15) is 57.8 Å². The van der Waals surface area contributed by atoms with Gasteiger partial charge in [-0.3, -0.25) is 9.59 Å². The summed E-state index contributed by atoms with van der Waals surface area (Å²) in [6, 6.07) is 0.350. The smallest absolute Gasteiger partial charge is 0.246 e. The fourth-order valence-corrected chi connectivity index (χ4v) is 2.79. The van der Waals surface area contributed by atoms with Crippen LogP contribution in [0.15, 0.2) is 0 Å². The molecule has 4 nitrogen and oxygen atoms in total. The van der Waals surface area contributed by atoms with E-state index in [4.69, 9.17) is 4.74 Å². The molecule has 1 N–H and O–H groups in total. The highest BCUT2D eigenvalue weighted by molar-refractivity contribution is 5.79. The van der Waals surface area contributed by atoms with Crippen LogP contribution in [0, 0.1) is 0 Å². The quantitative estimate of drug-likeness (QED) is 0.833. The Morgan fingerprint density at radius 3 is 2.44 bits per heavy atom. The topological polar surface area (TPSA) is 55.4 Å².